The van der Waals surface area contributed by atoms with Crippen LogP contribution >= 0.6 is 0 Å². The first-order valence-corrected chi connectivity index (χ1v) is 6.25. The van der Waals surface area contributed by atoms with Crippen molar-refractivity contribution in [3.8, 4) is 0 Å². The zero-order valence-electron chi connectivity index (χ0n) is 10.0. The number of fused-ring (bicyclic) bond motifs is 5. The molecule has 2 bridgehead atoms. The van der Waals surface area contributed by atoms with Gasteiger partial charge in [0, 0.05) is 7.05 Å². The maximum atomic E-state index is 12.1. The summed E-state index contributed by atoms with van der Waals surface area (Å²) < 4.78 is 0. The number of carbonyl (C=O) groups excluding carboxylic acids is 2. The molecule has 3 aliphatic rings. The first-order valence-electron chi connectivity index (χ1n) is 6.25. The second-order valence-corrected chi connectivity index (χ2v) is 5.42. The highest BCUT2D eigenvalue weighted by atomic mass is 16.2. The number of amides is 2. The number of likely N-dealkylation sites (tertiary alicyclic amines) is 1. The lowest BCUT2D eigenvalue weighted by Gasteiger charge is -2.26. The van der Waals surface area contributed by atoms with Crippen molar-refractivity contribution in [2.24, 2.45) is 29.6 Å². The van der Waals surface area contributed by atoms with Gasteiger partial charge in [-0.1, -0.05) is 18.2 Å². The Bertz CT molecular complexity index is 426. The molecule has 2 aliphatic carbocycles. The molecule has 3 rings (SSSR count). The summed E-state index contributed by atoms with van der Waals surface area (Å²) >= 11 is 0. The quantitative estimate of drug-likeness (QED) is 0.535. The first kappa shape index (κ1) is 10.8. The van der Waals surface area contributed by atoms with Gasteiger partial charge in [0.05, 0.1) is 11.8 Å². The Morgan fingerprint density at radius 1 is 1.35 bits per heavy atom. The molecule has 2 fully saturated rings. The fourth-order valence-corrected chi connectivity index (χ4v) is 3.88. The molecule has 3 nitrogen and oxygen atoms in total. The predicted octanol–water partition coefficient (Wildman–Crippen LogP) is 1.62. The van der Waals surface area contributed by atoms with Crippen LogP contribution in [0.3, 0.4) is 0 Å². The van der Waals surface area contributed by atoms with E-state index in [1.807, 2.05) is 6.08 Å². The van der Waals surface area contributed by atoms with E-state index in [0.717, 1.165) is 12.8 Å². The highest BCUT2D eigenvalue weighted by Crippen LogP contribution is 2.53. The van der Waals surface area contributed by atoms with E-state index in [-0.39, 0.29) is 29.6 Å². The third kappa shape index (κ3) is 1.28. The number of nitrogens with zero attached hydrogens (tertiary/aromatic N) is 1. The monoisotopic (exact) mass is 231 g/mol. The van der Waals surface area contributed by atoms with Crippen molar-refractivity contribution >= 4 is 11.8 Å². The predicted molar refractivity (Wildman–Crippen MR) is 63.8 cm³/mol. The Morgan fingerprint density at radius 3 is 2.76 bits per heavy atom. The topological polar surface area (TPSA) is 37.4 Å². The van der Waals surface area contributed by atoms with Gasteiger partial charge in [0.2, 0.25) is 11.8 Å². The molecule has 1 aliphatic heterocycles. The summed E-state index contributed by atoms with van der Waals surface area (Å²) in [6.07, 6.45) is 8.16. The molecule has 2 amide bonds. The van der Waals surface area contributed by atoms with Crippen LogP contribution in [0.2, 0.25) is 0 Å². The number of allylic oxidation sites excluding steroid dienone is 3. The lowest BCUT2D eigenvalue weighted by atomic mass is 9.79. The van der Waals surface area contributed by atoms with Gasteiger partial charge in [-0.3, -0.25) is 14.5 Å². The van der Waals surface area contributed by atoms with Gasteiger partial charge in [0.1, 0.15) is 0 Å². The van der Waals surface area contributed by atoms with Crippen LogP contribution in [-0.2, 0) is 9.59 Å². The Kier molecular flexibility index (Phi) is 2.25. The second kappa shape index (κ2) is 3.56. The van der Waals surface area contributed by atoms with Crippen LogP contribution in [0.1, 0.15) is 12.8 Å². The van der Waals surface area contributed by atoms with Gasteiger partial charge in [-0.2, -0.15) is 0 Å². The van der Waals surface area contributed by atoms with E-state index >= 15 is 0 Å². The van der Waals surface area contributed by atoms with E-state index in [4.69, 9.17) is 0 Å². The molecule has 5 unspecified atom stereocenters. The molecule has 0 spiro atoms. The Morgan fingerprint density at radius 2 is 2.06 bits per heavy atom. The number of hydrogen-bond donors (Lipinski definition) is 0. The molecular weight excluding hydrogens is 214 g/mol. The molecule has 1 saturated heterocycles. The maximum Gasteiger partial charge on any atom is 0.233 e. The minimum absolute atomic E-state index is 0.0244. The minimum atomic E-state index is -0.0800. The summed E-state index contributed by atoms with van der Waals surface area (Å²) in [6, 6.07) is 0. The van der Waals surface area contributed by atoms with E-state index in [2.05, 4.69) is 18.7 Å². The Balaban J connectivity index is 1.97. The highest BCUT2D eigenvalue weighted by Gasteiger charge is 2.59. The van der Waals surface area contributed by atoms with Crippen LogP contribution in [0.25, 0.3) is 0 Å². The molecule has 3 heteroatoms. The van der Waals surface area contributed by atoms with Crippen molar-refractivity contribution in [2.45, 2.75) is 12.8 Å². The van der Waals surface area contributed by atoms with Gasteiger partial charge in [0.25, 0.3) is 0 Å². The van der Waals surface area contributed by atoms with E-state index in [1.165, 1.54) is 4.90 Å². The first-order chi connectivity index (χ1) is 8.15. The molecule has 1 saturated carbocycles. The van der Waals surface area contributed by atoms with Crippen molar-refractivity contribution in [1.29, 1.82) is 0 Å². The lowest BCUT2D eigenvalue weighted by Crippen LogP contribution is -2.31. The SMILES string of the molecule is C=CCC1C=CC2CC1C1C(=O)N(C)C(=O)C21. The molecule has 90 valence electrons. The third-order valence-electron chi connectivity index (χ3n) is 4.68. The van der Waals surface area contributed by atoms with Crippen LogP contribution in [-0.4, -0.2) is 23.8 Å². The fourth-order valence-electron chi connectivity index (χ4n) is 3.88. The zero-order chi connectivity index (χ0) is 12.2. The lowest BCUT2D eigenvalue weighted by molar-refractivity contribution is -0.139. The van der Waals surface area contributed by atoms with Gasteiger partial charge in [-0.15, -0.1) is 6.58 Å². The number of imide groups is 1. The van der Waals surface area contributed by atoms with Crippen LogP contribution in [0.15, 0.2) is 24.8 Å². The van der Waals surface area contributed by atoms with E-state index in [9.17, 15) is 9.59 Å². The highest BCUT2D eigenvalue weighted by molar-refractivity contribution is 6.05. The zero-order valence-corrected chi connectivity index (χ0v) is 10.0. The third-order valence-corrected chi connectivity index (χ3v) is 4.68. The molecule has 17 heavy (non-hydrogen) atoms. The van der Waals surface area contributed by atoms with E-state index in [1.54, 1.807) is 7.05 Å². The molecule has 5 atom stereocenters. The standard InChI is InChI=1S/C14H17NO2/c1-3-4-8-5-6-9-7-10(8)12-11(9)13(16)15(2)14(12)17/h3,5-6,8-12H,1,4,7H2,2H3. The average molecular weight is 231 g/mol. The van der Waals surface area contributed by atoms with Crippen LogP contribution in [0.4, 0.5) is 0 Å². The summed E-state index contributed by atoms with van der Waals surface area (Å²) in [7, 11) is 1.62. The van der Waals surface area contributed by atoms with Crippen LogP contribution in [0, 0.1) is 29.6 Å². The second-order valence-electron chi connectivity index (χ2n) is 5.42. The van der Waals surface area contributed by atoms with Crippen molar-refractivity contribution in [3.63, 3.8) is 0 Å². The van der Waals surface area contributed by atoms with Crippen molar-refractivity contribution in [2.75, 3.05) is 7.05 Å². The van der Waals surface area contributed by atoms with E-state index < -0.39 is 0 Å². The summed E-state index contributed by atoms with van der Waals surface area (Å²) in [5, 5.41) is 0. The Hall–Kier alpha value is -1.38. The normalized spacial score (nSPS) is 43.1. The van der Waals surface area contributed by atoms with Gasteiger partial charge >= 0.3 is 0 Å². The summed E-state index contributed by atoms with van der Waals surface area (Å²) in [4.78, 5) is 25.5. The largest absolute Gasteiger partial charge is 0.285 e. The molecular formula is C14H17NO2. The number of hydrogen-bond acceptors (Lipinski definition) is 2. The fraction of sp³-hybridized carbons (Fsp3) is 0.571. The molecule has 0 aromatic heterocycles. The van der Waals surface area contributed by atoms with Gasteiger partial charge < -0.3 is 0 Å². The van der Waals surface area contributed by atoms with Gasteiger partial charge in [0.15, 0.2) is 0 Å². The molecule has 0 radical (unpaired) electrons. The summed E-state index contributed by atoms with van der Waals surface area (Å²) in [5.74, 6) is 0.923. The Labute approximate surface area is 101 Å². The van der Waals surface area contributed by atoms with Crippen molar-refractivity contribution in [1.82, 2.24) is 4.90 Å². The average Bonchev–Trinajstić information content (AvgIpc) is 2.75. The van der Waals surface area contributed by atoms with Crippen LogP contribution in [0.5, 0.6) is 0 Å². The smallest absolute Gasteiger partial charge is 0.233 e. The van der Waals surface area contributed by atoms with Crippen LogP contribution < -0.4 is 0 Å². The van der Waals surface area contributed by atoms with Crippen molar-refractivity contribution < 1.29 is 9.59 Å². The maximum absolute atomic E-state index is 12.1. The van der Waals surface area contributed by atoms with Gasteiger partial charge in [-0.25, -0.2) is 0 Å². The van der Waals surface area contributed by atoms with Crippen molar-refractivity contribution in [3.05, 3.63) is 24.8 Å². The molecule has 0 N–H and O–H groups in total. The number of rotatable bonds is 2. The van der Waals surface area contributed by atoms with E-state index in [0.29, 0.717) is 11.8 Å². The summed E-state index contributed by atoms with van der Waals surface area (Å²) in [5.41, 5.74) is 0. The summed E-state index contributed by atoms with van der Waals surface area (Å²) in [6.45, 7) is 3.78. The van der Waals surface area contributed by atoms with Gasteiger partial charge in [-0.05, 0) is 30.6 Å². The number of carbonyl (C=O) groups is 2. The molecule has 1 heterocycles. The molecule has 0 aromatic rings. The molecule has 0 aromatic carbocycles. The minimum Gasteiger partial charge on any atom is -0.285 e.